The molecule has 0 N–H and O–H groups in total. The Morgan fingerprint density at radius 2 is 0.864 bits per heavy atom. The minimum absolute atomic E-state index is 0.0482. The predicted molar refractivity (Wildman–Crippen MR) is 149 cm³/mol. The number of hydrogen-bond donors (Lipinski definition) is 0. The second kappa shape index (κ2) is 9.73. The molecule has 2 aliphatic rings. The lowest BCUT2D eigenvalue weighted by Crippen LogP contribution is -2.10. The van der Waals surface area contributed by atoms with Crippen LogP contribution in [-0.2, 0) is 12.4 Å². The predicted octanol–water partition coefficient (Wildman–Crippen LogP) is 8.57. The Morgan fingerprint density at radius 1 is 0.477 bits per heavy atom. The molecule has 0 bridgehead atoms. The third-order valence-corrected chi connectivity index (χ3v) is 7.67. The van der Waals surface area contributed by atoms with E-state index in [1.165, 1.54) is 36.4 Å². The van der Waals surface area contributed by atoms with Crippen LogP contribution >= 0.6 is 0 Å². The van der Waals surface area contributed by atoms with Gasteiger partial charge in [0.05, 0.1) is 34.4 Å². The second-order valence-electron chi connectivity index (χ2n) is 9.92. The molecule has 4 aromatic rings. The van der Waals surface area contributed by atoms with Gasteiger partial charge in [-0.1, -0.05) is 36.4 Å². The molecule has 0 unspecified atom stereocenters. The van der Waals surface area contributed by atoms with E-state index in [2.05, 4.69) is 12.1 Å². The monoisotopic (exact) mass is 590 g/mol. The lowest BCUT2D eigenvalue weighted by Gasteiger charge is -2.10. The zero-order valence-corrected chi connectivity index (χ0v) is 22.0. The number of benzene rings is 4. The normalized spacial score (nSPS) is 11.8. The smallest absolute Gasteiger partial charge is 0.192 e. The number of nitrogens with zero attached hydrogens (tertiary/aromatic N) is 4. The molecule has 0 spiro atoms. The molecular formula is C34H12F6N4. The van der Waals surface area contributed by atoms with Crippen LogP contribution in [0.15, 0.2) is 72.8 Å². The summed E-state index contributed by atoms with van der Waals surface area (Å²) in [6, 6.07) is 22.3. The molecule has 0 heterocycles. The van der Waals surface area contributed by atoms with Crippen LogP contribution in [-0.4, -0.2) is 0 Å². The molecule has 0 aromatic heterocycles. The number of hydrogen-bond acceptors (Lipinski definition) is 4. The highest BCUT2D eigenvalue weighted by atomic mass is 19.4. The van der Waals surface area contributed by atoms with Crippen LogP contribution in [0.2, 0.25) is 0 Å². The van der Waals surface area contributed by atoms with Gasteiger partial charge in [-0.05, 0) is 69.4 Å². The van der Waals surface area contributed by atoms with Crippen LogP contribution in [0.5, 0.6) is 0 Å². The van der Waals surface area contributed by atoms with Crippen LogP contribution in [0.25, 0.3) is 60.5 Å². The number of rotatable bonds is 2. The van der Waals surface area contributed by atoms with Crippen molar-refractivity contribution in [1.29, 1.82) is 21.0 Å². The zero-order chi connectivity index (χ0) is 31.6. The van der Waals surface area contributed by atoms with Crippen LogP contribution in [0.3, 0.4) is 0 Å². The van der Waals surface area contributed by atoms with Crippen molar-refractivity contribution in [1.82, 2.24) is 0 Å². The van der Waals surface area contributed by atoms with Crippen molar-refractivity contribution in [3.05, 3.63) is 100 Å². The van der Waals surface area contributed by atoms with Gasteiger partial charge in [-0.2, -0.15) is 47.4 Å². The summed E-state index contributed by atoms with van der Waals surface area (Å²) in [6.07, 6.45) is -9.28. The molecule has 0 amide bonds. The maximum atomic E-state index is 13.5. The minimum Gasteiger partial charge on any atom is -0.192 e. The lowest BCUT2D eigenvalue weighted by atomic mass is 9.94. The molecule has 210 valence electrons. The summed E-state index contributed by atoms with van der Waals surface area (Å²) in [6.45, 7) is 0. The maximum Gasteiger partial charge on any atom is 0.416 e. The number of fused-ring (bicyclic) bond motifs is 3. The van der Waals surface area contributed by atoms with E-state index in [1.54, 1.807) is 12.1 Å². The van der Waals surface area contributed by atoms with Gasteiger partial charge in [-0.15, -0.1) is 0 Å². The van der Waals surface area contributed by atoms with E-state index in [0.29, 0.717) is 32.7 Å². The largest absolute Gasteiger partial charge is 0.416 e. The molecule has 0 radical (unpaired) electrons. The van der Waals surface area contributed by atoms with Crippen molar-refractivity contribution in [3.63, 3.8) is 0 Å². The Balaban J connectivity index is 1.88. The van der Waals surface area contributed by atoms with Crippen molar-refractivity contribution < 1.29 is 26.3 Å². The van der Waals surface area contributed by atoms with Gasteiger partial charge in [-0.25, -0.2) is 0 Å². The molecule has 0 fully saturated rings. The molecule has 2 aliphatic carbocycles. The van der Waals surface area contributed by atoms with Crippen LogP contribution in [0.4, 0.5) is 26.3 Å². The molecule has 44 heavy (non-hydrogen) atoms. The molecule has 4 nitrogen and oxygen atoms in total. The second-order valence-corrected chi connectivity index (χ2v) is 9.92. The zero-order valence-electron chi connectivity index (χ0n) is 22.0. The first-order chi connectivity index (χ1) is 20.9. The Hall–Kier alpha value is -6.10. The summed E-state index contributed by atoms with van der Waals surface area (Å²) in [4.78, 5) is 0. The number of alkyl halides is 6. The van der Waals surface area contributed by atoms with Crippen molar-refractivity contribution in [2.75, 3.05) is 0 Å². The molecule has 0 saturated carbocycles. The summed E-state index contributed by atoms with van der Waals surface area (Å²) in [5, 5.41) is 41.6. The third-order valence-electron chi connectivity index (χ3n) is 7.67. The lowest BCUT2D eigenvalue weighted by molar-refractivity contribution is -0.138. The van der Waals surface area contributed by atoms with Crippen molar-refractivity contribution in [3.8, 4) is 57.7 Å². The molecule has 0 atom stereocenters. The third kappa shape index (κ3) is 4.05. The summed E-state index contributed by atoms with van der Waals surface area (Å²) in [5.74, 6) is 0. The molecule has 6 rings (SSSR count). The molecule has 0 aliphatic heterocycles. The van der Waals surface area contributed by atoms with Crippen LogP contribution < -0.4 is 5.22 Å². The van der Waals surface area contributed by atoms with E-state index in [4.69, 9.17) is 0 Å². The molecule has 0 saturated heterocycles. The van der Waals surface area contributed by atoms with Gasteiger partial charge >= 0.3 is 12.4 Å². The van der Waals surface area contributed by atoms with Crippen LogP contribution in [0, 0.1) is 45.3 Å². The molecular weight excluding hydrogens is 578 g/mol. The average molecular weight is 590 g/mol. The first-order valence-corrected chi connectivity index (χ1v) is 12.7. The fourth-order valence-corrected chi connectivity index (χ4v) is 5.88. The standard InChI is InChI=1S/C34H12F6N4/c35-33(36,37)22-7-1-17(2-8-22)27-29(21(15-43)16-44)28(18-3-9-23(10-4-18)34(38,39)40)32-25-12-6-20(14-42)26-19(13-41)5-11-24(30(25)26)31(27)32/h1-12H. The highest BCUT2D eigenvalue weighted by Gasteiger charge is 2.34. The van der Waals surface area contributed by atoms with Gasteiger partial charge in [0.2, 0.25) is 0 Å². The summed E-state index contributed by atoms with van der Waals surface area (Å²) in [7, 11) is 0. The molecule has 10 heteroatoms. The van der Waals surface area contributed by atoms with Gasteiger partial charge in [0.25, 0.3) is 0 Å². The van der Waals surface area contributed by atoms with E-state index in [9.17, 15) is 47.4 Å². The fraction of sp³-hybridized carbons (Fsp3) is 0.0588. The van der Waals surface area contributed by atoms with Gasteiger partial charge in [0, 0.05) is 27.1 Å². The molecule has 4 aromatic carbocycles. The quantitative estimate of drug-likeness (QED) is 0.189. The minimum atomic E-state index is -4.64. The van der Waals surface area contributed by atoms with Crippen molar-refractivity contribution >= 4 is 27.1 Å². The topological polar surface area (TPSA) is 95.2 Å². The van der Waals surface area contributed by atoms with E-state index in [0.717, 1.165) is 24.3 Å². The van der Waals surface area contributed by atoms with E-state index in [1.807, 2.05) is 12.1 Å². The van der Waals surface area contributed by atoms with Gasteiger partial charge in [-0.3, -0.25) is 0 Å². The SMILES string of the molecule is N#CC(C#N)=c1c(-c2ccc(C(F)(F)F)cc2)c2c3ccc(C#N)c4c(C#N)ccc(c-2c1-c1ccc(C(F)(F)F)cc1)c34. The van der Waals surface area contributed by atoms with Crippen LogP contribution in [0.1, 0.15) is 22.3 Å². The first kappa shape index (κ1) is 28.0. The van der Waals surface area contributed by atoms with E-state index >= 15 is 0 Å². The van der Waals surface area contributed by atoms with Gasteiger partial charge in [0.15, 0.2) is 0 Å². The highest BCUT2D eigenvalue weighted by molar-refractivity contribution is 6.31. The number of nitriles is 4. The highest BCUT2D eigenvalue weighted by Crippen LogP contribution is 2.52. The summed E-state index contributed by atoms with van der Waals surface area (Å²) >= 11 is 0. The van der Waals surface area contributed by atoms with Crippen molar-refractivity contribution in [2.24, 2.45) is 0 Å². The first-order valence-electron chi connectivity index (χ1n) is 12.7. The van der Waals surface area contributed by atoms with E-state index in [-0.39, 0.29) is 38.6 Å². The fourth-order valence-electron chi connectivity index (χ4n) is 5.88. The summed E-state index contributed by atoms with van der Waals surface area (Å²) < 4.78 is 80.7. The Labute approximate surface area is 244 Å². The Kier molecular flexibility index (Phi) is 6.20. The Morgan fingerprint density at radius 3 is 1.18 bits per heavy atom. The maximum absolute atomic E-state index is 13.5. The van der Waals surface area contributed by atoms with Gasteiger partial charge < -0.3 is 0 Å². The van der Waals surface area contributed by atoms with Gasteiger partial charge in [0.1, 0.15) is 17.7 Å². The summed E-state index contributed by atoms with van der Waals surface area (Å²) in [5.41, 5.74) is -0.152. The average Bonchev–Trinajstić information content (AvgIpc) is 3.51. The van der Waals surface area contributed by atoms with Crippen molar-refractivity contribution in [2.45, 2.75) is 12.4 Å². The number of halogens is 6. The van der Waals surface area contributed by atoms with E-state index < -0.39 is 29.1 Å². The Bertz CT molecular complexity index is 2160.